The Labute approximate surface area is 153 Å². The molecule has 0 bridgehead atoms. The van der Waals surface area contributed by atoms with E-state index in [-0.39, 0.29) is 0 Å². The third kappa shape index (κ3) is 5.12. The Kier molecular flexibility index (Phi) is 6.38. The molecule has 0 atom stereocenters. The third-order valence-electron chi connectivity index (χ3n) is 4.07. The zero-order valence-electron chi connectivity index (χ0n) is 13.5. The van der Waals surface area contributed by atoms with Crippen LogP contribution in [0.25, 0.3) is 0 Å². The van der Waals surface area contributed by atoms with Gasteiger partial charge in [0.15, 0.2) is 0 Å². The van der Waals surface area contributed by atoms with Gasteiger partial charge in [0.1, 0.15) is 11.5 Å². The number of halogens is 2. The van der Waals surface area contributed by atoms with E-state index in [1.54, 1.807) is 12.1 Å². The van der Waals surface area contributed by atoms with Crippen molar-refractivity contribution in [3.05, 3.63) is 58.1 Å². The molecule has 1 aliphatic rings. The molecular weight excluding hydrogens is 345 g/mol. The summed E-state index contributed by atoms with van der Waals surface area (Å²) in [6.45, 7) is 4.90. The van der Waals surface area contributed by atoms with Crippen molar-refractivity contribution < 1.29 is 9.47 Å². The average molecular weight is 366 g/mol. The fraction of sp³-hybridized carbons (Fsp3) is 0.368. The summed E-state index contributed by atoms with van der Waals surface area (Å²) in [6.07, 6.45) is 2.17. The third-order valence-corrected chi connectivity index (χ3v) is 4.81. The molecule has 1 saturated heterocycles. The largest absolute Gasteiger partial charge is 0.457 e. The molecule has 1 heterocycles. The highest BCUT2D eigenvalue weighted by Gasteiger charge is 2.09. The van der Waals surface area contributed by atoms with Gasteiger partial charge in [0, 0.05) is 19.2 Å². The Morgan fingerprint density at radius 3 is 2.54 bits per heavy atom. The smallest absolute Gasteiger partial charge is 0.129 e. The molecule has 0 unspecified atom stereocenters. The number of rotatable bonds is 6. The van der Waals surface area contributed by atoms with E-state index in [2.05, 4.69) is 17.0 Å². The summed E-state index contributed by atoms with van der Waals surface area (Å²) in [7, 11) is 0. The molecule has 2 aromatic rings. The Morgan fingerprint density at radius 1 is 0.958 bits per heavy atom. The number of nitrogens with zero attached hydrogens (tertiary/aromatic N) is 1. The number of ether oxygens (including phenoxy) is 2. The molecule has 5 heteroatoms. The van der Waals surface area contributed by atoms with E-state index >= 15 is 0 Å². The second-order valence-electron chi connectivity index (χ2n) is 5.88. The van der Waals surface area contributed by atoms with Gasteiger partial charge in [0.2, 0.25) is 0 Å². The lowest BCUT2D eigenvalue weighted by Gasteiger charge is -2.26. The van der Waals surface area contributed by atoms with Crippen molar-refractivity contribution >= 4 is 23.2 Å². The summed E-state index contributed by atoms with van der Waals surface area (Å²) in [6, 6.07) is 13.5. The minimum atomic E-state index is 0.496. The molecular formula is C19H21Cl2NO2. The monoisotopic (exact) mass is 365 g/mol. The number of hydrogen-bond donors (Lipinski definition) is 0. The van der Waals surface area contributed by atoms with Crippen LogP contribution in [-0.2, 0) is 11.2 Å². The van der Waals surface area contributed by atoms with Gasteiger partial charge in [-0.2, -0.15) is 0 Å². The SMILES string of the molecule is Clc1ccc(Oc2cccc(CCCN3CCOCC3)c2)cc1Cl. The molecule has 128 valence electrons. The van der Waals surface area contributed by atoms with Crippen LogP contribution in [0.3, 0.4) is 0 Å². The van der Waals surface area contributed by atoms with E-state index in [9.17, 15) is 0 Å². The molecule has 1 fully saturated rings. The first-order valence-electron chi connectivity index (χ1n) is 8.23. The first-order chi connectivity index (χ1) is 11.7. The zero-order chi connectivity index (χ0) is 16.8. The van der Waals surface area contributed by atoms with E-state index in [1.165, 1.54) is 5.56 Å². The van der Waals surface area contributed by atoms with Crippen LogP contribution in [0.5, 0.6) is 11.5 Å². The first-order valence-corrected chi connectivity index (χ1v) is 8.98. The average Bonchev–Trinajstić information content (AvgIpc) is 2.60. The maximum Gasteiger partial charge on any atom is 0.129 e. The van der Waals surface area contributed by atoms with E-state index in [4.69, 9.17) is 32.7 Å². The second kappa shape index (κ2) is 8.72. The molecule has 24 heavy (non-hydrogen) atoms. The standard InChI is InChI=1S/C19H21Cl2NO2/c20-18-7-6-17(14-19(18)21)24-16-5-1-3-15(13-16)4-2-8-22-9-11-23-12-10-22/h1,3,5-7,13-14H,2,4,8-12H2. The fourth-order valence-corrected chi connectivity index (χ4v) is 3.06. The second-order valence-corrected chi connectivity index (χ2v) is 6.70. The lowest BCUT2D eigenvalue weighted by molar-refractivity contribution is 0.0375. The van der Waals surface area contributed by atoms with Crippen LogP contribution in [0, 0.1) is 0 Å². The van der Waals surface area contributed by atoms with Gasteiger partial charge in [-0.1, -0.05) is 35.3 Å². The van der Waals surface area contributed by atoms with Gasteiger partial charge in [0.05, 0.1) is 23.3 Å². The predicted octanol–water partition coefficient (Wildman–Crippen LogP) is 5.05. The van der Waals surface area contributed by atoms with Crippen LogP contribution < -0.4 is 4.74 Å². The van der Waals surface area contributed by atoms with Crippen LogP contribution in [0.15, 0.2) is 42.5 Å². The van der Waals surface area contributed by atoms with Crippen LogP contribution >= 0.6 is 23.2 Å². The summed E-state index contributed by atoms with van der Waals surface area (Å²) < 4.78 is 11.3. The van der Waals surface area contributed by atoms with Gasteiger partial charge in [-0.05, 0) is 49.2 Å². The number of morpholine rings is 1. The first kappa shape index (κ1) is 17.6. The molecule has 3 nitrogen and oxygen atoms in total. The normalized spacial score (nSPS) is 15.4. The van der Waals surface area contributed by atoms with Crippen molar-refractivity contribution in [2.75, 3.05) is 32.8 Å². The fourth-order valence-electron chi connectivity index (χ4n) is 2.77. The number of aryl methyl sites for hydroxylation is 1. The minimum Gasteiger partial charge on any atom is -0.457 e. The highest BCUT2D eigenvalue weighted by atomic mass is 35.5. The van der Waals surface area contributed by atoms with Crippen LogP contribution in [0.4, 0.5) is 0 Å². The number of hydrogen-bond acceptors (Lipinski definition) is 3. The van der Waals surface area contributed by atoms with Gasteiger partial charge in [-0.25, -0.2) is 0 Å². The Morgan fingerprint density at radius 2 is 1.75 bits per heavy atom. The highest BCUT2D eigenvalue weighted by Crippen LogP contribution is 2.29. The Balaban J connectivity index is 1.54. The molecule has 0 spiro atoms. The van der Waals surface area contributed by atoms with Gasteiger partial charge in [-0.15, -0.1) is 0 Å². The lowest BCUT2D eigenvalue weighted by atomic mass is 10.1. The quantitative estimate of drug-likeness (QED) is 0.714. The molecule has 0 aliphatic carbocycles. The van der Waals surface area contributed by atoms with E-state index in [0.717, 1.165) is 51.4 Å². The van der Waals surface area contributed by atoms with E-state index < -0.39 is 0 Å². The molecule has 0 radical (unpaired) electrons. The van der Waals surface area contributed by atoms with Crippen molar-refractivity contribution in [1.82, 2.24) is 4.90 Å². The summed E-state index contributed by atoms with van der Waals surface area (Å²) in [5.41, 5.74) is 1.28. The van der Waals surface area contributed by atoms with Crippen LogP contribution in [0.2, 0.25) is 10.0 Å². The topological polar surface area (TPSA) is 21.7 Å². The van der Waals surface area contributed by atoms with Gasteiger partial charge in [0.25, 0.3) is 0 Å². The summed E-state index contributed by atoms with van der Waals surface area (Å²) in [5.74, 6) is 1.51. The molecule has 0 saturated carbocycles. The molecule has 0 aromatic heterocycles. The highest BCUT2D eigenvalue weighted by molar-refractivity contribution is 6.42. The number of benzene rings is 2. The van der Waals surface area contributed by atoms with Gasteiger partial charge < -0.3 is 9.47 Å². The molecule has 1 aliphatic heterocycles. The van der Waals surface area contributed by atoms with E-state index in [0.29, 0.717) is 15.8 Å². The maximum atomic E-state index is 6.03. The lowest BCUT2D eigenvalue weighted by Crippen LogP contribution is -2.36. The predicted molar refractivity (Wildman–Crippen MR) is 98.6 cm³/mol. The van der Waals surface area contributed by atoms with Crippen molar-refractivity contribution in [1.29, 1.82) is 0 Å². The molecule has 3 rings (SSSR count). The summed E-state index contributed by atoms with van der Waals surface area (Å²) in [4.78, 5) is 2.46. The summed E-state index contributed by atoms with van der Waals surface area (Å²) >= 11 is 12.0. The zero-order valence-corrected chi connectivity index (χ0v) is 15.0. The summed E-state index contributed by atoms with van der Waals surface area (Å²) in [5, 5.41) is 1.02. The van der Waals surface area contributed by atoms with Crippen LogP contribution in [0.1, 0.15) is 12.0 Å². The van der Waals surface area contributed by atoms with Crippen molar-refractivity contribution in [3.8, 4) is 11.5 Å². The molecule has 0 N–H and O–H groups in total. The van der Waals surface area contributed by atoms with Crippen molar-refractivity contribution in [3.63, 3.8) is 0 Å². The molecule has 0 amide bonds. The Hall–Kier alpha value is -1.26. The van der Waals surface area contributed by atoms with Gasteiger partial charge in [-0.3, -0.25) is 4.90 Å². The Bertz CT molecular complexity index is 672. The van der Waals surface area contributed by atoms with Crippen LogP contribution in [-0.4, -0.2) is 37.7 Å². The van der Waals surface area contributed by atoms with Crippen molar-refractivity contribution in [2.45, 2.75) is 12.8 Å². The molecule has 2 aromatic carbocycles. The minimum absolute atomic E-state index is 0.496. The van der Waals surface area contributed by atoms with E-state index in [1.807, 2.05) is 18.2 Å². The van der Waals surface area contributed by atoms with Gasteiger partial charge >= 0.3 is 0 Å². The van der Waals surface area contributed by atoms with Crippen molar-refractivity contribution in [2.24, 2.45) is 0 Å². The maximum absolute atomic E-state index is 6.03.